The van der Waals surface area contributed by atoms with Crippen LogP contribution in [0.4, 0.5) is 0 Å². The Morgan fingerprint density at radius 1 is 1.00 bits per heavy atom. The van der Waals surface area contributed by atoms with Crippen LogP contribution in [0, 0.1) is 0 Å². The van der Waals surface area contributed by atoms with Gasteiger partial charge in [0.25, 0.3) is 5.91 Å². The van der Waals surface area contributed by atoms with Crippen LogP contribution < -0.4 is 4.74 Å². The SMILES string of the molecule is CCCOc1ccc(C(=O)CCC(=O)OCC(=O)N(C2CCCC2)C2CCS(=O)(=O)C2)cc1. The molecule has 2 fully saturated rings. The summed E-state index contributed by atoms with van der Waals surface area (Å²) in [7, 11) is -3.13. The molecule has 1 aliphatic heterocycles. The Balaban J connectivity index is 1.47. The molecule has 1 aromatic carbocycles. The molecule has 3 rings (SSSR count). The Labute approximate surface area is 195 Å². The monoisotopic (exact) mass is 479 g/mol. The number of hydrogen-bond acceptors (Lipinski definition) is 7. The summed E-state index contributed by atoms with van der Waals surface area (Å²) in [6.07, 6.45) is 4.86. The van der Waals surface area contributed by atoms with E-state index in [1.807, 2.05) is 6.92 Å². The lowest BCUT2D eigenvalue weighted by Crippen LogP contribution is -2.48. The van der Waals surface area contributed by atoms with Crippen LogP contribution in [0.15, 0.2) is 24.3 Å². The Bertz CT molecular complexity index is 936. The lowest BCUT2D eigenvalue weighted by atomic mass is 10.1. The number of esters is 1. The fourth-order valence-electron chi connectivity index (χ4n) is 4.49. The number of sulfone groups is 1. The van der Waals surface area contributed by atoms with Crippen LogP contribution >= 0.6 is 0 Å². The second kappa shape index (κ2) is 11.6. The highest BCUT2D eigenvalue weighted by atomic mass is 32.2. The van der Waals surface area contributed by atoms with Crippen molar-refractivity contribution in [3.8, 4) is 5.75 Å². The standard InChI is InChI=1S/C24H33NO7S/c1-2-14-31-21-9-7-18(8-10-21)22(26)11-12-24(28)32-16-23(27)25(19-5-3-4-6-19)20-13-15-33(29,30)17-20/h7-10,19-20H,2-6,11-17H2,1H3. The van der Waals surface area contributed by atoms with E-state index in [4.69, 9.17) is 9.47 Å². The first-order valence-electron chi connectivity index (χ1n) is 11.7. The number of rotatable bonds is 11. The summed E-state index contributed by atoms with van der Waals surface area (Å²) in [5.74, 6) is -0.421. The minimum atomic E-state index is -3.13. The molecule has 1 aliphatic carbocycles. The maximum Gasteiger partial charge on any atom is 0.306 e. The van der Waals surface area contributed by atoms with E-state index in [2.05, 4.69) is 0 Å². The Kier molecular flexibility index (Phi) is 8.88. The predicted molar refractivity (Wildman–Crippen MR) is 123 cm³/mol. The third-order valence-corrected chi connectivity index (χ3v) is 7.92. The average molecular weight is 480 g/mol. The van der Waals surface area contributed by atoms with Crippen molar-refractivity contribution < 1.29 is 32.3 Å². The summed E-state index contributed by atoms with van der Waals surface area (Å²) >= 11 is 0. The Hall–Kier alpha value is -2.42. The second-order valence-corrected chi connectivity index (χ2v) is 11.0. The zero-order valence-electron chi connectivity index (χ0n) is 19.2. The maximum atomic E-state index is 12.9. The minimum absolute atomic E-state index is 0.000331. The summed E-state index contributed by atoms with van der Waals surface area (Å²) in [4.78, 5) is 39.0. The molecule has 0 aromatic heterocycles. The maximum absolute atomic E-state index is 12.9. The molecule has 1 amide bonds. The quantitative estimate of drug-likeness (QED) is 0.355. The summed E-state index contributed by atoms with van der Waals surface area (Å²) < 4.78 is 34.5. The molecule has 1 heterocycles. The fraction of sp³-hybridized carbons (Fsp3) is 0.625. The molecule has 1 atom stereocenters. The number of hydrogen-bond donors (Lipinski definition) is 0. The number of Topliss-reactive ketones (excluding diaryl/α,β-unsaturated/α-hetero) is 1. The number of carbonyl (C=O) groups is 3. The molecule has 1 saturated heterocycles. The van der Waals surface area contributed by atoms with Gasteiger partial charge >= 0.3 is 5.97 Å². The molecule has 0 N–H and O–H groups in total. The first kappa shape index (κ1) is 25.2. The van der Waals surface area contributed by atoms with Crippen LogP contribution in [0.5, 0.6) is 5.75 Å². The molecule has 0 spiro atoms. The summed E-state index contributed by atoms with van der Waals surface area (Å²) in [5.41, 5.74) is 0.484. The molecule has 0 radical (unpaired) electrons. The molecule has 33 heavy (non-hydrogen) atoms. The van der Waals surface area contributed by atoms with Crippen LogP contribution in [0.25, 0.3) is 0 Å². The minimum Gasteiger partial charge on any atom is -0.494 e. The van der Waals surface area contributed by atoms with Gasteiger partial charge in [-0.2, -0.15) is 0 Å². The van der Waals surface area contributed by atoms with Gasteiger partial charge in [0.2, 0.25) is 0 Å². The van der Waals surface area contributed by atoms with E-state index >= 15 is 0 Å². The van der Waals surface area contributed by atoms with Crippen LogP contribution in [0.1, 0.15) is 68.6 Å². The van der Waals surface area contributed by atoms with Crippen LogP contribution in [0.3, 0.4) is 0 Å². The number of nitrogens with zero attached hydrogens (tertiary/aromatic N) is 1. The van der Waals surface area contributed by atoms with E-state index < -0.39 is 22.4 Å². The molecule has 182 valence electrons. The van der Waals surface area contributed by atoms with E-state index in [-0.39, 0.29) is 48.1 Å². The zero-order chi connectivity index (χ0) is 23.8. The molecule has 1 unspecified atom stereocenters. The van der Waals surface area contributed by atoms with Crippen LogP contribution in [-0.4, -0.2) is 67.8 Å². The van der Waals surface area contributed by atoms with E-state index in [0.717, 1.165) is 32.1 Å². The van der Waals surface area contributed by atoms with Gasteiger partial charge in [-0.05, 0) is 49.9 Å². The number of benzene rings is 1. The van der Waals surface area contributed by atoms with E-state index in [1.165, 1.54) is 0 Å². The topological polar surface area (TPSA) is 107 Å². The van der Waals surface area contributed by atoms with E-state index in [1.54, 1.807) is 29.2 Å². The summed E-state index contributed by atoms with van der Waals surface area (Å²) in [6.45, 7) is 2.19. The van der Waals surface area contributed by atoms with Gasteiger partial charge in [-0.3, -0.25) is 14.4 Å². The number of ether oxygens (including phenoxy) is 2. The van der Waals surface area contributed by atoms with Crippen LogP contribution in [-0.2, 0) is 24.2 Å². The second-order valence-electron chi connectivity index (χ2n) is 8.75. The first-order valence-corrected chi connectivity index (χ1v) is 13.5. The van der Waals surface area contributed by atoms with Gasteiger partial charge in [-0.15, -0.1) is 0 Å². The Morgan fingerprint density at radius 2 is 1.70 bits per heavy atom. The van der Waals surface area contributed by atoms with Crippen molar-refractivity contribution in [3.63, 3.8) is 0 Å². The third-order valence-electron chi connectivity index (χ3n) is 6.17. The highest BCUT2D eigenvalue weighted by Crippen LogP contribution is 2.29. The summed E-state index contributed by atoms with van der Waals surface area (Å²) in [5, 5.41) is 0. The van der Waals surface area contributed by atoms with Gasteiger partial charge < -0.3 is 14.4 Å². The van der Waals surface area contributed by atoms with Crippen molar-refractivity contribution in [1.82, 2.24) is 4.90 Å². The number of amides is 1. The van der Waals surface area contributed by atoms with Crippen molar-refractivity contribution >= 4 is 27.5 Å². The van der Waals surface area contributed by atoms with E-state index in [9.17, 15) is 22.8 Å². The number of ketones is 1. The fourth-order valence-corrected chi connectivity index (χ4v) is 6.20. The average Bonchev–Trinajstić information content (AvgIpc) is 3.45. The molecule has 0 bridgehead atoms. The zero-order valence-corrected chi connectivity index (χ0v) is 20.0. The first-order chi connectivity index (χ1) is 15.8. The van der Waals surface area contributed by atoms with Gasteiger partial charge in [-0.25, -0.2) is 8.42 Å². The third kappa shape index (κ3) is 7.28. The van der Waals surface area contributed by atoms with E-state index in [0.29, 0.717) is 24.3 Å². The van der Waals surface area contributed by atoms with Crippen molar-refractivity contribution in [1.29, 1.82) is 0 Å². The number of carbonyl (C=O) groups excluding carboxylic acids is 3. The highest BCUT2D eigenvalue weighted by molar-refractivity contribution is 7.91. The lowest BCUT2D eigenvalue weighted by Gasteiger charge is -2.33. The molecule has 1 aromatic rings. The smallest absolute Gasteiger partial charge is 0.306 e. The van der Waals surface area contributed by atoms with Crippen molar-refractivity contribution in [2.24, 2.45) is 0 Å². The largest absolute Gasteiger partial charge is 0.494 e. The van der Waals surface area contributed by atoms with Crippen molar-refractivity contribution in [2.45, 2.75) is 70.4 Å². The van der Waals surface area contributed by atoms with Gasteiger partial charge in [0, 0.05) is 24.1 Å². The van der Waals surface area contributed by atoms with Crippen molar-refractivity contribution in [3.05, 3.63) is 29.8 Å². The van der Waals surface area contributed by atoms with Gasteiger partial charge in [-0.1, -0.05) is 19.8 Å². The van der Waals surface area contributed by atoms with Crippen LogP contribution in [0.2, 0.25) is 0 Å². The normalized spacial score (nSPS) is 19.8. The highest BCUT2D eigenvalue weighted by Gasteiger charge is 2.39. The molecule has 2 aliphatic rings. The molecule has 1 saturated carbocycles. The van der Waals surface area contributed by atoms with Gasteiger partial charge in [0.1, 0.15) is 5.75 Å². The molecule has 8 nitrogen and oxygen atoms in total. The van der Waals surface area contributed by atoms with Gasteiger partial charge in [0.15, 0.2) is 22.2 Å². The Morgan fingerprint density at radius 3 is 2.30 bits per heavy atom. The molecular formula is C24H33NO7S. The van der Waals surface area contributed by atoms with Crippen molar-refractivity contribution in [2.75, 3.05) is 24.7 Å². The van der Waals surface area contributed by atoms with Gasteiger partial charge in [0.05, 0.1) is 24.5 Å². The predicted octanol–water partition coefficient (Wildman–Crippen LogP) is 2.94. The summed E-state index contributed by atoms with van der Waals surface area (Å²) in [6, 6.07) is 6.42. The molecule has 9 heteroatoms. The lowest BCUT2D eigenvalue weighted by molar-refractivity contribution is -0.154. The molecular weight excluding hydrogens is 446 g/mol.